The summed E-state index contributed by atoms with van der Waals surface area (Å²) in [6, 6.07) is 5.82. The molecule has 1 atom stereocenters. The standard InChI is InChI=1S/C15H20O4/c1-10(2)15(17)19-9-13(16)8-18-14-6-11(3)5-12(4)7-14/h5-7,13,16H,1,8-9H2,2-4H3. The Hall–Kier alpha value is -1.81. The van der Waals surface area contributed by atoms with Crippen LogP contribution in [0, 0.1) is 13.8 Å². The lowest BCUT2D eigenvalue weighted by Crippen LogP contribution is -2.25. The average molecular weight is 264 g/mol. The van der Waals surface area contributed by atoms with Crippen molar-refractivity contribution in [2.45, 2.75) is 26.9 Å². The average Bonchev–Trinajstić information content (AvgIpc) is 2.32. The fraction of sp³-hybridized carbons (Fsp3) is 0.400. The van der Waals surface area contributed by atoms with Gasteiger partial charge < -0.3 is 14.6 Å². The minimum Gasteiger partial charge on any atom is -0.491 e. The van der Waals surface area contributed by atoms with Gasteiger partial charge >= 0.3 is 5.97 Å². The fourth-order valence-corrected chi connectivity index (χ4v) is 1.55. The summed E-state index contributed by atoms with van der Waals surface area (Å²) in [7, 11) is 0. The van der Waals surface area contributed by atoms with Gasteiger partial charge in [0.2, 0.25) is 0 Å². The van der Waals surface area contributed by atoms with Crippen molar-refractivity contribution in [2.75, 3.05) is 13.2 Å². The van der Waals surface area contributed by atoms with Crippen molar-refractivity contribution in [3.05, 3.63) is 41.5 Å². The van der Waals surface area contributed by atoms with Crippen LogP contribution in [0.25, 0.3) is 0 Å². The van der Waals surface area contributed by atoms with Crippen LogP contribution in [-0.2, 0) is 9.53 Å². The van der Waals surface area contributed by atoms with E-state index in [1.807, 2.05) is 32.0 Å². The first-order valence-electron chi connectivity index (χ1n) is 6.10. The van der Waals surface area contributed by atoms with E-state index in [-0.39, 0.29) is 13.2 Å². The highest BCUT2D eigenvalue weighted by molar-refractivity contribution is 5.86. The smallest absolute Gasteiger partial charge is 0.333 e. The molecule has 0 bridgehead atoms. The Labute approximate surface area is 113 Å². The van der Waals surface area contributed by atoms with Crippen LogP contribution in [0.1, 0.15) is 18.1 Å². The van der Waals surface area contributed by atoms with Crippen LogP contribution in [-0.4, -0.2) is 30.4 Å². The Kier molecular flexibility index (Phi) is 5.57. The molecular weight excluding hydrogens is 244 g/mol. The molecule has 0 aliphatic heterocycles. The quantitative estimate of drug-likeness (QED) is 0.632. The van der Waals surface area contributed by atoms with Crippen molar-refractivity contribution in [3.63, 3.8) is 0 Å². The number of carbonyl (C=O) groups is 1. The summed E-state index contributed by atoms with van der Waals surface area (Å²) >= 11 is 0. The van der Waals surface area contributed by atoms with E-state index in [4.69, 9.17) is 9.47 Å². The monoisotopic (exact) mass is 264 g/mol. The van der Waals surface area contributed by atoms with E-state index in [2.05, 4.69) is 6.58 Å². The highest BCUT2D eigenvalue weighted by atomic mass is 16.5. The van der Waals surface area contributed by atoms with Gasteiger partial charge in [-0.15, -0.1) is 0 Å². The van der Waals surface area contributed by atoms with Crippen LogP contribution >= 0.6 is 0 Å². The number of benzene rings is 1. The molecule has 1 rings (SSSR count). The molecule has 0 fully saturated rings. The zero-order chi connectivity index (χ0) is 14.4. The third-order valence-electron chi connectivity index (χ3n) is 2.39. The molecule has 0 aliphatic rings. The number of rotatable bonds is 6. The van der Waals surface area contributed by atoms with Crippen molar-refractivity contribution < 1.29 is 19.4 Å². The molecule has 104 valence electrons. The zero-order valence-electron chi connectivity index (χ0n) is 11.6. The summed E-state index contributed by atoms with van der Waals surface area (Å²) in [5.41, 5.74) is 2.50. The summed E-state index contributed by atoms with van der Waals surface area (Å²) in [6.07, 6.45) is -0.857. The van der Waals surface area contributed by atoms with E-state index >= 15 is 0 Å². The summed E-state index contributed by atoms with van der Waals surface area (Å²) in [4.78, 5) is 11.1. The molecule has 4 nitrogen and oxygen atoms in total. The zero-order valence-corrected chi connectivity index (χ0v) is 11.6. The van der Waals surface area contributed by atoms with Gasteiger partial charge in [0.1, 0.15) is 25.1 Å². The Balaban J connectivity index is 2.39. The highest BCUT2D eigenvalue weighted by Crippen LogP contribution is 2.16. The van der Waals surface area contributed by atoms with Crippen molar-refractivity contribution in [2.24, 2.45) is 0 Å². The van der Waals surface area contributed by atoms with Gasteiger partial charge in [-0.1, -0.05) is 12.6 Å². The van der Waals surface area contributed by atoms with Crippen LogP contribution in [0.3, 0.4) is 0 Å². The van der Waals surface area contributed by atoms with Gasteiger partial charge in [0, 0.05) is 5.57 Å². The number of carbonyl (C=O) groups excluding carboxylic acids is 1. The molecular formula is C15H20O4. The summed E-state index contributed by atoms with van der Waals surface area (Å²) in [5, 5.41) is 9.65. The second-order valence-corrected chi connectivity index (χ2v) is 4.67. The van der Waals surface area contributed by atoms with Crippen molar-refractivity contribution in [1.29, 1.82) is 0 Å². The Bertz CT molecular complexity index is 445. The van der Waals surface area contributed by atoms with Crippen molar-refractivity contribution >= 4 is 5.97 Å². The first kappa shape index (κ1) is 15.2. The molecule has 0 saturated carbocycles. The van der Waals surface area contributed by atoms with Gasteiger partial charge in [0.25, 0.3) is 0 Å². The number of aliphatic hydroxyl groups is 1. The normalized spacial score (nSPS) is 11.8. The van der Waals surface area contributed by atoms with Gasteiger partial charge in [-0.3, -0.25) is 0 Å². The van der Waals surface area contributed by atoms with E-state index in [1.54, 1.807) is 6.92 Å². The van der Waals surface area contributed by atoms with E-state index in [9.17, 15) is 9.90 Å². The first-order valence-corrected chi connectivity index (χ1v) is 6.10. The molecule has 1 N–H and O–H groups in total. The molecule has 0 amide bonds. The summed E-state index contributed by atoms with van der Waals surface area (Å²) < 4.78 is 10.3. The molecule has 4 heteroatoms. The predicted octanol–water partition coefficient (Wildman–Crippen LogP) is 2.16. The number of aliphatic hydroxyl groups excluding tert-OH is 1. The Morgan fingerprint density at radius 3 is 2.37 bits per heavy atom. The molecule has 0 aliphatic carbocycles. The second-order valence-electron chi connectivity index (χ2n) is 4.67. The number of hydrogen-bond donors (Lipinski definition) is 1. The summed E-state index contributed by atoms with van der Waals surface area (Å²) in [5.74, 6) is 0.188. The van der Waals surface area contributed by atoms with Gasteiger partial charge in [0.05, 0.1) is 0 Å². The highest BCUT2D eigenvalue weighted by Gasteiger charge is 2.10. The van der Waals surface area contributed by atoms with Crippen LogP contribution in [0.2, 0.25) is 0 Å². The van der Waals surface area contributed by atoms with Crippen molar-refractivity contribution in [1.82, 2.24) is 0 Å². The molecule has 19 heavy (non-hydrogen) atoms. The molecule has 0 saturated heterocycles. The van der Waals surface area contributed by atoms with E-state index < -0.39 is 12.1 Å². The lowest BCUT2D eigenvalue weighted by molar-refractivity contribution is -0.142. The second kappa shape index (κ2) is 6.95. The molecule has 0 radical (unpaired) electrons. The molecule has 0 heterocycles. The minimum atomic E-state index is -0.857. The number of aryl methyl sites for hydroxylation is 2. The van der Waals surface area contributed by atoms with Crippen LogP contribution in [0.4, 0.5) is 0 Å². The van der Waals surface area contributed by atoms with Gasteiger partial charge in [-0.05, 0) is 44.0 Å². The lowest BCUT2D eigenvalue weighted by Gasteiger charge is -2.13. The Morgan fingerprint density at radius 1 is 1.26 bits per heavy atom. The molecule has 0 spiro atoms. The minimum absolute atomic E-state index is 0.0758. The third kappa shape index (κ3) is 5.57. The molecule has 1 aromatic carbocycles. The van der Waals surface area contributed by atoms with Gasteiger partial charge in [-0.2, -0.15) is 0 Å². The largest absolute Gasteiger partial charge is 0.491 e. The van der Waals surface area contributed by atoms with Crippen molar-refractivity contribution in [3.8, 4) is 5.75 Å². The maximum atomic E-state index is 11.1. The van der Waals surface area contributed by atoms with E-state index in [0.717, 1.165) is 11.1 Å². The molecule has 0 aromatic heterocycles. The van der Waals surface area contributed by atoms with Crippen LogP contribution < -0.4 is 4.74 Å². The topological polar surface area (TPSA) is 55.8 Å². The Morgan fingerprint density at radius 2 is 1.84 bits per heavy atom. The van der Waals surface area contributed by atoms with E-state index in [0.29, 0.717) is 11.3 Å². The third-order valence-corrected chi connectivity index (χ3v) is 2.39. The van der Waals surface area contributed by atoms with Gasteiger partial charge in [0.15, 0.2) is 0 Å². The van der Waals surface area contributed by atoms with Crippen LogP contribution in [0.5, 0.6) is 5.75 Å². The maximum Gasteiger partial charge on any atom is 0.333 e. The number of esters is 1. The molecule has 1 aromatic rings. The van der Waals surface area contributed by atoms with Crippen LogP contribution in [0.15, 0.2) is 30.4 Å². The van der Waals surface area contributed by atoms with Gasteiger partial charge in [-0.25, -0.2) is 4.79 Å². The first-order chi connectivity index (χ1) is 8.88. The SMILES string of the molecule is C=C(C)C(=O)OCC(O)COc1cc(C)cc(C)c1. The predicted molar refractivity (Wildman–Crippen MR) is 73.2 cm³/mol. The lowest BCUT2D eigenvalue weighted by atomic mass is 10.1. The number of hydrogen-bond acceptors (Lipinski definition) is 4. The maximum absolute atomic E-state index is 11.1. The summed E-state index contributed by atoms with van der Waals surface area (Å²) in [6.45, 7) is 8.94. The van der Waals surface area contributed by atoms with E-state index in [1.165, 1.54) is 0 Å². The number of ether oxygens (including phenoxy) is 2. The molecule has 1 unspecified atom stereocenters. The fourth-order valence-electron chi connectivity index (χ4n) is 1.55.